The number of benzene rings is 7. The summed E-state index contributed by atoms with van der Waals surface area (Å²) in [5.74, 6) is 0.839. The highest BCUT2D eigenvalue weighted by Crippen LogP contribution is 2.41. The van der Waals surface area contributed by atoms with Gasteiger partial charge in [0.05, 0.1) is 11.4 Å². The fourth-order valence-corrected chi connectivity index (χ4v) is 8.19. The van der Waals surface area contributed by atoms with Crippen LogP contribution in [0.4, 0.5) is 0 Å². The lowest BCUT2D eigenvalue weighted by Gasteiger charge is -2.15. The molecule has 0 fully saturated rings. The van der Waals surface area contributed by atoms with Crippen molar-refractivity contribution in [2.45, 2.75) is 13.3 Å². The first kappa shape index (κ1) is 28.6. The molecule has 0 amide bonds. The highest BCUT2D eigenvalue weighted by atomic mass is 32.1. The van der Waals surface area contributed by atoms with Gasteiger partial charge in [0.25, 0.3) is 0 Å². The maximum absolute atomic E-state index is 5.38. The molecule has 1 unspecified atom stereocenters. The Hall–Kier alpha value is -5.64. The van der Waals surface area contributed by atoms with Gasteiger partial charge in [-0.25, -0.2) is 9.98 Å². The predicted molar refractivity (Wildman–Crippen MR) is 207 cm³/mol. The zero-order valence-electron chi connectivity index (χ0n) is 26.6. The van der Waals surface area contributed by atoms with Crippen molar-refractivity contribution in [3.63, 3.8) is 0 Å². The van der Waals surface area contributed by atoms with Crippen LogP contribution in [0.15, 0.2) is 168 Å². The van der Waals surface area contributed by atoms with Crippen LogP contribution in [0.2, 0.25) is 0 Å². The predicted octanol–water partition coefficient (Wildman–Crippen LogP) is 12.3. The summed E-state index contributed by atoms with van der Waals surface area (Å²) in [5, 5.41) is 7.58. The molecule has 48 heavy (non-hydrogen) atoms. The number of hydrogen-bond donors (Lipinski definition) is 0. The quantitative estimate of drug-likeness (QED) is 0.180. The van der Waals surface area contributed by atoms with Crippen molar-refractivity contribution in [2.24, 2.45) is 15.9 Å². The number of aliphatic imine (C=N–C) groups is 2. The molecule has 228 valence electrons. The summed E-state index contributed by atoms with van der Waals surface area (Å²) < 4.78 is 2.58. The van der Waals surface area contributed by atoms with Crippen molar-refractivity contribution in [3.05, 3.63) is 174 Å². The molecule has 3 heteroatoms. The molecule has 8 aromatic rings. The lowest BCUT2D eigenvalue weighted by Crippen LogP contribution is -2.15. The van der Waals surface area contributed by atoms with E-state index in [9.17, 15) is 0 Å². The first-order valence-corrected chi connectivity index (χ1v) is 17.4. The number of rotatable bonds is 5. The van der Waals surface area contributed by atoms with Gasteiger partial charge in [0.15, 0.2) is 5.84 Å². The average molecular weight is 633 g/mol. The molecule has 0 aliphatic carbocycles. The van der Waals surface area contributed by atoms with Gasteiger partial charge >= 0.3 is 0 Å². The molecule has 2 heterocycles. The third kappa shape index (κ3) is 5.04. The number of fused-ring (bicyclic) bond motifs is 5. The van der Waals surface area contributed by atoms with Gasteiger partial charge in [0, 0.05) is 37.2 Å². The van der Waals surface area contributed by atoms with Gasteiger partial charge in [0.2, 0.25) is 0 Å². The summed E-state index contributed by atoms with van der Waals surface area (Å²) in [5.41, 5.74) is 7.73. The van der Waals surface area contributed by atoms with Gasteiger partial charge in [-0.1, -0.05) is 134 Å². The third-order valence-electron chi connectivity index (χ3n) is 9.54. The highest BCUT2D eigenvalue weighted by molar-refractivity contribution is 7.26. The van der Waals surface area contributed by atoms with E-state index >= 15 is 0 Å². The van der Waals surface area contributed by atoms with Crippen molar-refractivity contribution in [1.29, 1.82) is 0 Å². The van der Waals surface area contributed by atoms with Crippen molar-refractivity contribution < 1.29 is 0 Å². The molecule has 0 radical (unpaired) electrons. The zero-order chi connectivity index (χ0) is 32.0. The van der Waals surface area contributed by atoms with E-state index in [1.165, 1.54) is 52.8 Å². The zero-order valence-corrected chi connectivity index (χ0v) is 27.4. The van der Waals surface area contributed by atoms with E-state index < -0.39 is 0 Å². The number of amidine groups is 1. The van der Waals surface area contributed by atoms with Crippen molar-refractivity contribution in [1.82, 2.24) is 0 Å². The summed E-state index contributed by atoms with van der Waals surface area (Å²) in [7, 11) is 0. The van der Waals surface area contributed by atoms with Crippen LogP contribution in [0.1, 0.15) is 30.0 Å². The Morgan fingerprint density at radius 1 is 0.521 bits per heavy atom. The van der Waals surface area contributed by atoms with Gasteiger partial charge < -0.3 is 0 Å². The minimum atomic E-state index is 0.0949. The second-order valence-electron chi connectivity index (χ2n) is 12.5. The minimum Gasteiger partial charge on any atom is -0.232 e. The van der Waals surface area contributed by atoms with Crippen molar-refractivity contribution in [2.75, 3.05) is 0 Å². The Bertz CT molecular complexity index is 2590. The van der Waals surface area contributed by atoms with Gasteiger partial charge in [-0.2, -0.15) is 0 Å². The second kappa shape index (κ2) is 11.9. The molecule has 1 atom stereocenters. The largest absolute Gasteiger partial charge is 0.232 e. The van der Waals surface area contributed by atoms with Crippen LogP contribution in [0.3, 0.4) is 0 Å². The van der Waals surface area contributed by atoms with Crippen molar-refractivity contribution >= 4 is 70.3 Å². The highest BCUT2D eigenvalue weighted by Gasteiger charge is 2.23. The van der Waals surface area contributed by atoms with E-state index in [1.807, 2.05) is 17.4 Å². The van der Waals surface area contributed by atoms with E-state index in [0.29, 0.717) is 0 Å². The van der Waals surface area contributed by atoms with Crippen LogP contribution in [0.5, 0.6) is 0 Å². The van der Waals surface area contributed by atoms with Crippen LogP contribution in [-0.4, -0.2) is 11.5 Å². The van der Waals surface area contributed by atoms with Gasteiger partial charge in [-0.3, -0.25) is 0 Å². The maximum Gasteiger partial charge on any atom is 0.160 e. The van der Waals surface area contributed by atoms with Crippen LogP contribution in [0, 0.1) is 5.92 Å². The standard InChI is InChI=1S/C45H32N2S/c1-2-29-27-40(38-17-10-18-41-43(38)39-26-35-15-8-9-16-36(35)28-42(39)48-41)46-45(33-12-4-3-5-13-33)47-44(29)32-22-19-31(20-23-32)37-24-21-30-11-6-7-14-34(30)25-37/h3-29H,2H2,1H3. The Morgan fingerprint density at radius 3 is 1.96 bits per heavy atom. The molecule has 7 aromatic carbocycles. The van der Waals surface area contributed by atoms with E-state index in [2.05, 4.69) is 159 Å². The van der Waals surface area contributed by atoms with E-state index in [-0.39, 0.29) is 5.92 Å². The molecule has 1 aromatic heterocycles. The summed E-state index contributed by atoms with van der Waals surface area (Å²) >= 11 is 1.86. The van der Waals surface area contributed by atoms with Crippen LogP contribution in [-0.2, 0) is 0 Å². The Kier molecular flexibility index (Phi) is 7.06. The molecule has 0 spiro atoms. The van der Waals surface area contributed by atoms with E-state index in [0.717, 1.165) is 40.4 Å². The van der Waals surface area contributed by atoms with Crippen LogP contribution >= 0.6 is 11.3 Å². The number of hydrogen-bond acceptors (Lipinski definition) is 3. The van der Waals surface area contributed by atoms with Crippen molar-refractivity contribution in [3.8, 4) is 11.1 Å². The maximum atomic E-state index is 5.38. The summed E-state index contributed by atoms with van der Waals surface area (Å²) in [6.07, 6.45) is 3.27. The topological polar surface area (TPSA) is 24.7 Å². The van der Waals surface area contributed by atoms with E-state index in [1.54, 1.807) is 0 Å². The second-order valence-corrected chi connectivity index (χ2v) is 13.6. The normalized spacial score (nSPS) is 15.0. The summed E-state index contributed by atoms with van der Waals surface area (Å²) in [6, 6.07) is 54.5. The number of nitrogens with zero attached hydrogens (tertiary/aromatic N) is 2. The number of allylic oxidation sites excluding steroid dienone is 1. The number of thiophene rings is 1. The average Bonchev–Trinajstić information content (AvgIpc) is 3.39. The summed E-state index contributed by atoms with van der Waals surface area (Å²) in [4.78, 5) is 10.8. The molecule has 1 aliphatic rings. The molecule has 0 N–H and O–H groups in total. The lowest BCUT2D eigenvalue weighted by atomic mass is 9.90. The fraction of sp³-hybridized carbons (Fsp3) is 0.0667. The molecule has 0 saturated carbocycles. The minimum absolute atomic E-state index is 0.0949. The molecule has 9 rings (SSSR count). The fourth-order valence-electron chi connectivity index (χ4n) is 7.03. The molecule has 0 saturated heterocycles. The van der Waals surface area contributed by atoms with E-state index in [4.69, 9.17) is 9.98 Å². The SMILES string of the molecule is CCC1C=C(c2cccc3sc4cc5ccccc5cc4c23)N=C(c2ccccc2)N=C1c1ccc(-c2ccc3ccccc3c2)cc1. The first-order valence-electron chi connectivity index (χ1n) is 16.6. The Balaban J connectivity index is 1.18. The first-order chi connectivity index (χ1) is 23.7. The van der Waals surface area contributed by atoms with Crippen LogP contribution in [0.25, 0.3) is 58.5 Å². The lowest BCUT2D eigenvalue weighted by molar-refractivity contribution is 0.819. The summed E-state index contributed by atoms with van der Waals surface area (Å²) in [6.45, 7) is 2.25. The third-order valence-corrected chi connectivity index (χ3v) is 10.7. The molecular weight excluding hydrogens is 601 g/mol. The smallest absolute Gasteiger partial charge is 0.160 e. The van der Waals surface area contributed by atoms with Gasteiger partial charge in [-0.15, -0.1) is 11.3 Å². The molecular formula is C45H32N2S. The van der Waals surface area contributed by atoms with Crippen LogP contribution < -0.4 is 0 Å². The van der Waals surface area contributed by atoms with Gasteiger partial charge in [0.1, 0.15) is 0 Å². The Morgan fingerprint density at radius 2 is 1.19 bits per heavy atom. The van der Waals surface area contributed by atoms with Gasteiger partial charge in [-0.05, 0) is 75.0 Å². The molecule has 0 bridgehead atoms. The molecule has 2 nitrogen and oxygen atoms in total. The molecule has 1 aliphatic heterocycles. The monoisotopic (exact) mass is 632 g/mol. The Labute approximate surface area is 284 Å².